The molecule has 1 N–H and O–H groups in total. The molecule has 1 aliphatic carbocycles. The maximum atomic E-state index is 13.9. The van der Waals surface area contributed by atoms with Crippen molar-refractivity contribution in [2.24, 2.45) is 13.0 Å². The number of pyridine rings is 1. The van der Waals surface area contributed by atoms with E-state index in [4.69, 9.17) is 4.74 Å². The molecular formula is C27H37N3O3. The third-order valence-electron chi connectivity index (χ3n) is 7.19. The molecular weight excluding hydrogens is 414 g/mol. The number of amides is 1. The van der Waals surface area contributed by atoms with Crippen LogP contribution in [0.4, 0.5) is 0 Å². The lowest BCUT2D eigenvalue weighted by Crippen LogP contribution is -2.47. The van der Waals surface area contributed by atoms with Gasteiger partial charge in [-0.3, -0.25) is 9.59 Å². The molecule has 0 unspecified atom stereocenters. The minimum atomic E-state index is -0.142. The summed E-state index contributed by atoms with van der Waals surface area (Å²) in [6.07, 6.45) is 6.82. The summed E-state index contributed by atoms with van der Waals surface area (Å²) in [5, 5.41) is 3.43. The first kappa shape index (κ1) is 23.7. The summed E-state index contributed by atoms with van der Waals surface area (Å²) < 4.78 is 6.78. The normalized spacial score (nSPS) is 20.6. The zero-order valence-electron chi connectivity index (χ0n) is 20.2. The second-order valence-electron chi connectivity index (χ2n) is 9.67. The molecule has 178 valence electrons. The molecule has 6 heteroatoms. The highest BCUT2D eigenvalue weighted by Crippen LogP contribution is 2.36. The average molecular weight is 452 g/mol. The van der Waals surface area contributed by atoms with Crippen molar-refractivity contribution < 1.29 is 9.53 Å². The number of ether oxygens (including phenoxy) is 1. The average Bonchev–Trinajstić information content (AvgIpc) is 3.66. The van der Waals surface area contributed by atoms with Crippen molar-refractivity contribution in [2.75, 3.05) is 26.8 Å². The maximum absolute atomic E-state index is 13.9. The molecule has 1 saturated carbocycles. The lowest BCUT2D eigenvalue weighted by atomic mass is 9.80. The van der Waals surface area contributed by atoms with E-state index in [1.807, 2.05) is 12.3 Å². The molecule has 2 heterocycles. The van der Waals surface area contributed by atoms with Gasteiger partial charge < -0.3 is 19.5 Å². The van der Waals surface area contributed by atoms with Gasteiger partial charge in [-0.2, -0.15) is 0 Å². The van der Waals surface area contributed by atoms with Crippen LogP contribution in [-0.2, 0) is 29.5 Å². The number of carbonyl (C=O) groups excluding carboxylic acids is 1. The van der Waals surface area contributed by atoms with E-state index < -0.39 is 0 Å². The summed E-state index contributed by atoms with van der Waals surface area (Å²) in [5.41, 5.74) is 4.74. The third-order valence-corrected chi connectivity index (χ3v) is 7.19. The molecule has 4 rings (SSSR count). The van der Waals surface area contributed by atoms with E-state index in [1.165, 1.54) is 16.7 Å². The molecule has 1 aromatic heterocycles. The van der Waals surface area contributed by atoms with Crippen LogP contribution in [0.5, 0.6) is 0 Å². The van der Waals surface area contributed by atoms with Crippen molar-refractivity contribution in [3.05, 3.63) is 69.1 Å². The van der Waals surface area contributed by atoms with Gasteiger partial charge in [-0.25, -0.2) is 0 Å². The highest BCUT2D eigenvalue weighted by atomic mass is 16.5. The van der Waals surface area contributed by atoms with Crippen molar-refractivity contribution in [2.45, 2.75) is 57.5 Å². The highest BCUT2D eigenvalue weighted by molar-refractivity contribution is 5.81. The van der Waals surface area contributed by atoms with Crippen LogP contribution in [0.2, 0.25) is 0 Å². The van der Waals surface area contributed by atoms with E-state index >= 15 is 0 Å². The largest absolute Gasteiger partial charge is 0.385 e. The Morgan fingerprint density at radius 3 is 2.76 bits per heavy atom. The summed E-state index contributed by atoms with van der Waals surface area (Å²) in [6, 6.07) is 10.7. The van der Waals surface area contributed by atoms with Crippen LogP contribution in [0, 0.1) is 12.8 Å². The van der Waals surface area contributed by atoms with Gasteiger partial charge in [0.05, 0.1) is 5.92 Å². The van der Waals surface area contributed by atoms with Gasteiger partial charge in [0.15, 0.2) is 0 Å². The lowest BCUT2D eigenvalue weighted by Gasteiger charge is -2.36. The molecule has 0 bridgehead atoms. The fourth-order valence-corrected chi connectivity index (χ4v) is 4.95. The van der Waals surface area contributed by atoms with E-state index in [0.29, 0.717) is 19.1 Å². The van der Waals surface area contributed by atoms with Crippen LogP contribution < -0.4 is 10.9 Å². The SMILES string of the molecule is COCCCc1ccc(C)c(CN(C(=O)[C@@H]2CNCC[C@H]2c2ccn(C)c(=O)c2)C2CC2)c1. The Labute approximate surface area is 196 Å². The minimum absolute atomic E-state index is 0.0165. The number of aromatic nitrogens is 1. The van der Waals surface area contributed by atoms with Crippen molar-refractivity contribution in [3.8, 4) is 0 Å². The standard InChI is InChI=1S/C27H37N3O3/c1-19-6-7-20(5-4-14-33-3)15-22(19)18-30(23-8-9-23)27(32)25-17-28-12-10-24(25)21-11-13-29(2)26(31)16-21/h6-7,11,13,15-16,23-25,28H,4-5,8-10,12,14,17-18H2,1-3H3/t24-,25+/m0/s1. The van der Waals surface area contributed by atoms with Crippen molar-refractivity contribution >= 4 is 5.91 Å². The summed E-state index contributed by atoms with van der Waals surface area (Å²) in [4.78, 5) is 28.3. The molecule has 2 aliphatic rings. The van der Waals surface area contributed by atoms with Crippen LogP contribution in [0.15, 0.2) is 41.3 Å². The molecule has 2 fully saturated rings. The van der Waals surface area contributed by atoms with Gasteiger partial charge in [-0.05, 0) is 79.8 Å². The molecule has 1 aromatic carbocycles. The summed E-state index contributed by atoms with van der Waals surface area (Å²) >= 11 is 0. The highest BCUT2D eigenvalue weighted by Gasteiger charge is 2.40. The number of hydrogen-bond acceptors (Lipinski definition) is 4. The number of rotatable bonds is 9. The first-order valence-electron chi connectivity index (χ1n) is 12.2. The number of hydrogen-bond donors (Lipinski definition) is 1. The first-order chi connectivity index (χ1) is 16.0. The van der Waals surface area contributed by atoms with Crippen LogP contribution in [0.1, 0.15) is 53.9 Å². The number of methoxy groups -OCH3 is 1. The molecule has 1 aliphatic heterocycles. The van der Waals surface area contributed by atoms with Crippen LogP contribution in [0.3, 0.4) is 0 Å². The van der Waals surface area contributed by atoms with Crippen molar-refractivity contribution in [3.63, 3.8) is 0 Å². The summed E-state index contributed by atoms with van der Waals surface area (Å²) in [7, 11) is 3.50. The van der Waals surface area contributed by atoms with Crippen molar-refractivity contribution in [1.29, 1.82) is 0 Å². The predicted molar refractivity (Wildman–Crippen MR) is 130 cm³/mol. The van der Waals surface area contributed by atoms with Crippen LogP contribution in [-0.4, -0.2) is 48.2 Å². The number of benzene rings is 1. The fourth-order valence-electron chi connectivity index (χ4n) is 4.95. The third kappa shape index (κ3) is 5.74. The van der Waals surface area contributed by atoms with Gasteiger partial charge >= 0.3 is 0 Å². The lowest BCUT2D eigenvalue weighted by molar-refractivity contribution is -0.138. The molecule has 6 nitrogen and oxygen atoms in total. The summed E-state index contributed by atoms with van der Waals surface area (Å²) in [6.45, 7) is 5.09. The number of nitrogens with zero attached hydrogens (tertiary/aromatic N) is 2. The monoisotopic (exact) mass is 451 g/mol. The Bertz CT molecular complexity index is 1030. The summed E-state index contributed by atoms with van der Waals surface area (Å²) in [5.74, 6) is 0.159. The first-order valence-corrected chi connectivity index (χ1v) is 12.2. The van der Waals surface area contributed by atoms with Gasteiger partial charge in [0.1, 0.15) is 0 Å². The number of piperidine rings is 1. The number of nitrogens with one attached hydrogen (secondary N) is 1. The molecule has 33 heavy (non-hydrogen) atoms. The number of carbonyl (C=O) groups is 1. The molecule has 0 spiro atoms. The zero-order valence-corrected chi connectivity index (χ0v) is 20.2. The van der Waals surface area contributed by atoms with E-state index in [2.05, 4.69) is 35.3 Å². The number of aryl methyl sites for hydroxylation is 3. The van der Waals surface area contributed by atoms with Crippen LogP contribution in [0.25, 0.3) is 0 Å². The van der Waals surface area contributed by atoms with Gasteiger partial charge in [0, 0.05) is 52.2 Å². The Hall–Kier alpha value is -2.44. The van der Waals surface area contributed by atoms with Gasteiger partial charge in [-0.1, -0.05) is 18.2 Å². The van der Waals surface area contributed by atoms with Crippen molar-refractivity contribution in [1.82, 2.24) is 14.8 Å². The Morgan fingerprint density at radius 2 is 2.03 bits per heavy atom. The van der Waals surface area contributed by atoms with Gasteiger partial charge in [0.25, 0.3) is 5.56 Å². The predicted octanol–water partition coefficient (Wildman–Crippen LogP) is 3.16. The Kier molecular flexibility index (Phi) is 7.66. The molecule has 2 aromatic rings. The molecule has 1 saturated heterocycles. The van der Waals surface area contributed by atoms with E-state index in [-0.39, 0.29) is 23.3 Å². The second-order valence-corrected chi connectivity index (χ2v) is 9.67. The Balaban J connectivity index is 1.55. The minimum Gasteiger partial charge on any atom is -0.385 e. The second kappa shape index (κ2) is 10.7. The molecule has 0 radical (unpaired) electrons. The van der Waals surface area contributed by atoms with Crippen LogP contribution >= 0.6 is 0 Å². The smallest absolute Gasteiger partial charge is 0.250 e. The van der Waals surface area contributed by atoms with E-state index in [0.717, 1.165) is 50.8 Å². The van der Waals surface area contributed by atoms with Gasteiger partial charge in [-0.15, -0.1) is 0 Å². The van der Waals surface area contributed by atoms with E-state index in [1.54, 1.807) is 24.8 Å². The van der Waals surface area contributed by atoms with E-state index in [9.17, 15) is 9.59 Å². The Morgan fingerprint density at radius 1 is 1.21 bits per heavy atom. The molecule has 2 atom stereocenters. The fraction of sp³-hybridized carbons (Fsp3) is 0.556. The zero-order chi connectivity index (χ0) is 23.4. The topological polar surface area (TPSA) is 63.6 Å². The quantitative estimate of drug-likeness (QED) is 0.595. The maximum Gasteiger partial charge on any atom is 0.250 e. The van der Waals surface area contributed by atoms with Gasteiger partial charge in [0.2, 0.25) is 5.91 Å². The molecule has 1 amide bonds.